The standard InChI is InChI=1S/C25H37NO15/c1-8-16-10(2)18(34-12(4)28)21(23(38-16)37-15(7)31)40-24-22(36-14(6)30)20(35-13(5)29)19(41-25(26)32)17(39-24)9-33-11(3)27/h10,16-24H,8-9H2,1-7H3,(H2,26,32)/t10-,16+,17-,18+,19-,20+,21+,22+,23+,24-/m1/s1. The van der Waals surface area contributed by atoms with Crippen molar-refractivity contribution in [1.29, 1.82) is 0 Å². The van der Waals surface area contributed by atoms with Crippen LogP contribution >= 0.6 is 0 Å². The van der Waals surface area contributed by atoms with Crippen molar-refractivity contribution in [2.24, 2.45) is 11.7 Å². The number of carbonyl (C=O) groups is 6. The predicted octanol–water partition coefficient (Wildman–Crippen LogP) is 0.253. The third kappa shape index (κ3) is 9.54. The summed E-state index contributed by atoms with van der Waals surface area (Å²) in [6, 6.07) is 0. The topological polar surface area (TPSA) is 212 Å². The van der Waals surface area contributed by atoms with Gasteiger partial charge in [-0.15, -0.1) is 0 Å². The highest BCUT2D eigenvalue weighted by Crippen LogP contribution is 2.36. The number of hydrogen-bond acceptors (Lipinski definition) is 15. The second-order valence-corrected chi connectivity index (χ2v) is 9.49. The van der Waals surface area contributed by atoms with Crippen LogP contribution < -0.4 is 5.73 Å². The van der Waals surface area contributed by atoms with Gasteiger partial charge in [-0.3, -0.25) is 24.0 Å². The Morgan fingerprint density at radius 2 is 1.12 bits per heavy atom. The van der Waals surface area contributed by atoms with Gasteiger partial charge in [-0.25, -0.2) is 4.79 Å². The maximum Gasteiger partial charge on any atom is 0.405 e. The van der Waals surface area contributed by atoms with Gasteiger partial charge >= 0.3 is 35.9 Å². The summed E-state index contributed by atoms with van der Waals surface area (Å²) in [6.07, 6.45) is -12.9. The Hall–Kier alpha value is -3.50. The van der Waals surface area contributed by atoms with E-state index in [4.69, 9.17) is 48.4 Å². The molecule has 2 aliphatic heterocycles. The van der Waals surface area contributed by atoms with Crippen LogP contribution in [0.3, 0.4) is 0 Å². The molecule has 0 aliphatic carbocycles. The molecule has 16 heteroatoms. The molecule has 0 unspecified atom stereocenters. The lowest BCUT2D eigenvalue weighted by Crippen LogP contribution is -2.65. The molecule has 232 valence electrons. The molecule has 2 saturated heterocycles. The highest BCUT2D eigenvalue weighted by atomic mass is 16.8. The Balaban J connectivity index is 2.61. The van der Waals surface area contributed by atoms with Crippen LogP contribution in [-0.4, -0.2) is 97.9 Å². The van der Waals surface area contributed by atoms with E-state index in [9.17, 15) is 28.8 Å². The monoisotopic (exact) mass is 591 g/mol. The molecule has 1 amide bonds. The van der Waals surface area contributed by atoms with Crippen LogP contribution in [-0.2, 0) is 66.6 Å². The molecule has 2 fully saturated rings. The summed E-state index contributed by atoms with van der Waals surface area (Å²) in [6.45, 7) is 8.55. The molecule has 0 aromatic rings. The minimum atomic E-state index is -1.66. The van der Waals surface area contributed by atoms with E-state index >= 15 is 0 Å². The maximum atomic E-state index is 12.1. The zero-order chi connectivity index (χ0) is 31.0. The minimum Gasteiger partial charge on any atom is -0.463 e. The number of esters is 5. The minimum absolute atomic E-state index is 0.463. The quantitative estimate of drug-likeness (QED) is 0.266. The van der Waals surface area contributed by atoms with Crippen LogP contribution in [0.1, 0.15) is 54.9 Å². The van der Waals surface area contributed by atoms with E-state index in [1.807, 2.05) is 6.92 Å². The third-order valence-electron chi connectivity index (χ3n) is 6.18. The lowest BCUT2D eigenvalue weighted by atomic mass is 9.88. The van der Waals surface area contributed by atoms with E-state index in [2.05, 4.69) is 0 Å². The van der Waals surface area contributed by atoms with Gasteiger partial charge in [-0.2, -0.15) is 0 Å². The molecule has 0 bridgehead atoms. The summed E-state index contributed by atoms with van der Waals surface area (Å²) in [7, 11) is 0. The first kappa shape index (κ1) is 33.7. The number of ether oxygens (including phenoxy) is 9. The maximum absolute atomic E-state index is 12.1. The zero-order valence-corrected chi connectivity index (χ0v) is 23.9. The zero-order valence-electron chi connectivity index (χ0n) is 23.9. The highest BCUT2D eigenvalue weighted by Gasteiger charge is 2.56. The van der Waals surface area contributed by atoms with Crippen molar-refractivity contribution >= 4 is 35.9 Å². The Morgan fingerprint density at radius 1 is 0.610 bits per heavy atom. The molecule has 16 nitrogen and oxygen atoms in total. The van der Waals surface area contributed by atoms with Gasteiger partial charge < -0.3 is 48.4 Å². The van der Waals surface area contributed by atoms with E-state index in [0.29, 0.717) is 6.42 Å². The molecule has 2 aliphatic rings. The number of primary amides is 1. The molecule has 2 heterocycles. The number of amides is 1. The van der Waals surface area contributed by atoms with Crippen molar-refractivity contribution in [3.63, 3.8) is 0 Å². The molecular weight excluding hydrogens is 554 g/mol. The van der Waals surface area contributed by atoms with Crippen molar-refractivity contribution < 1.29 is 71.4 Å². The van der Waals surface area contributed by atoms with Gasteiger partial charge in [-0.1, -0.05) is 13.8 Å². The van der Waals surface area contributed by atoms with Crippen LogP contribution in [0.25, 0.3) is 0 Å². The van der Waals surface area contributed by atoms with Gasteiger partial charge in [0.15, 0.2) is 30.7 Å². The summed E-state index contributed by atoms with van der Waals surface area (Å²) in [5.41, 5.74) is 5.22. The number of hydrogen-bond donors (Lipinski definition) is 1. The average molecular weight is 592 g/mol. The first-order valence-corrected chi connectivity index (χ1v) is 12.9. The van der Waals surface area contributed by atoms with Gasteiger partial charge in [-0.05, 0) is 6.42 Å². The summed E-state index contributed by atoms with van der Waals surface area (Å²) in [4.78, 5) is 71.5. The van der Waals surface area contributed by atoms with Gasteiger partial charge in [0.05, 0.1) is 6.10 Å². The van der Waals surface area contributed by atoms with Crippen LogP contribution in [0.4, 0.5) is 4.79 Å². The van der Waals surface area contributed by atoms with Crippen molar-refractivity contribution in [1.82, 2.24) is 0 Å². The largest absolute Gasteiger partial charge is 0.463 e. The Kier molecular flexibility index (Phi) is 12.3. The summed E-state index contributed by atoms with van der Waals surface area (Å²) < 4.78 is 49.8. The smallest absolute Gasteiger partial charge is 0.405 e. The first-order chi connectivity index (χ1) is 19.1. The molecule has 2 N–H and O–H groups in total. The first-order valence-electron chi connectivity index (χ1n) is 12.9. The molecule has 41 heavy (non-hydrogen) atoms. The van der Waals surface area contributed by atoms with Crippen molar-refractivity contribution in [3.05, 3.63) is 0 Å². The fourth-order valence-electron chi connectivity index (χ4n) is 4.67. The van der Waals surface area contributed by atoms with Crippen LogP contribution in [0, 0.1) is 5.92 Å². The van der Waals surface area contributed by atoms with E-state index in [-0.39, 0.29) is 0 Å². The average Bonchev–Trinajstić information content (AvgIpc) is 2.83. The molecule has 0 radical (unpaired) electrons. The fraction of sp³-hybridized carbons (Fsp3) is 0.760. The molecule has 0 aromatic carbocycles. The molecular formula is C25H37NO15. The van der Waals surface area contributed by atoms with E-state index in [1.54, 1.807) is 6.92 Å². The molecule has 0 spiro atoms. The summed E-state index contributed by atoms with van der Waals surface area (Å²) in [5.74, 6) is -4.35. The molecule has 0 saturated carbocycles. The van der Waals surface area contributed by atoms with Gasteiger partial charge in [0.2, 0.25) is 6.29 Å². The number of nitrogens with two attached hydrogens (primary N) is 1. The number of rotatable bonds is 10. The van der Waals surface area contributed by atoms with Crippen LogP contribution in [0.2, 0.25) is 0 Å². The second-order valence-electron chi connectivity index (χ2n) is 9.49. The van der Waals surface area contributed by atoms with E-state index in [1.165, 1.54) is 6.92 Å². The van der Waals surface area contributed by atoms with Crippen molar-refractivity contribution in [2.75, 3.05) is 6.61 Å². The SMILES string of the molecule is CC[C@@H]1O[C@H](OC(C)=O)[C@@H](O[C@H]2O[C@H](COC(C)=O)[C@@H](OC(N)=O)[C@H](OC(C)=O)[C@@H]2OC(C)=O)[C@@H](OC(C)=O)[C@@H]1C. The lowest BCUT2D eigenvalue weighted by molar-refractivity contribution is -0.357. The Labute approximate surface area is 236 Å². The van der Waals surface area contributed by atoms with Gasteiger partial charge in [0.1, 0.15) is 18.8 Å². The molecule has 0 aromatic heterocycles. The van der Waals surface area contributed by atoms with E-state index < -0.39 is 104 Å². The summed E-state index contributed by atoms with van der Waals surface area (Å²) in [5, 5.41) is 0. The Morgan fingerprint density at radius 3 is 1.61 bits per heavy atom. The van der Waals surface area contributed by atoms with Crippen LogP contribution in [0.15, 0.2) is 0 Å². The normalized spacial score (nSPS) is 33.0. The second kappa shape index (κ2) is 14.9. The lowest BCUT2D eigenvalue weighted by Gasteiger charge is -2.48. The summed E-state index contributed by atoms with van der Waals surface area (Å²) >= 11 is 0. The third-order valence-corrected chi connectivity index (χ3v) is 6.18. The van der Waals surface area contributed by atoms with Crippen molar-refractivity contribution in [2.45, 2.75) is 110 Å². The van der Waals surface area contributed by atoms with Crippen LogP contribution in [0.5, 0.6) is 0 Å². The predicted molar refractivity (Wildman–Crippen MR) is 131 cm³/mol. The molecule has 10 atom stereocenters. The van der Waals surface area contributed by atoms with Gasteiger partial charge in [0, 0.05) is 40.5 Å². The number of carbonyl (C=O) groups excluding carboxylic acids is 6. The van der Waals surface area contributed by atoms with Gasteiger partial charge in [0.25, 0.3) is 0 Å². The van der Waals surface area contributed by atoms with Crippen molar-refractivity contribution in [3.8, 4) is 0 Å². The fourth-order valence-corrected chi connectivity index (χ4v) is 4.67. The van der Waals surface area contributed by atoms with E-state index in [0.717, 1.165) is 27.7 Å². The molecule has 2 rings (SSSR count). The Bertz CT molecular complexity index is 986. The highest BCUT2D eigenvalue weighted by molar-refractivity contribution is 5.69.